The number of halogens is 1. The molecule has 0 bridgehead atoms. The maximum atomic E-state index is 13.4. The first kappa shape index (κ1) is 42.0. The number of carboxylic acids is 1. The minimum atomic E-state index is -1.28. The first-order valence-corrected chi connectivity index (χ1v) is 18.0. The van der Waals surface area contributed by atoms with Crippen molar-refractivity contribution >= 4 is 35.4 Å². The van der Waals surface area contributed by atoms with Crippen LogP contribution in [-0.4, -0.2) is 79.3 Å². The van der Waals surface area contributed by atoms with Crippen LogP contribution in [0.4, 0.5) is 0 Å². The van der Waals surface area contributed by atoms with Gasteiger partial charge in [-0.3, -0.25) is 19.3 Å². The molecule has 0 aliphatic carbocycles. The van der Waals surface area contributed by atoms with Gasteiger partial charge in [-0.25, -0.2) is 4.79 Å². The number of methoxy groups -OCH3 is 1. The van der Waals surface area contributed by atoms with Gasteiger partial charge in [-0.1, -0.05) is 81.6 Å². The van der Waals surface area contributed by atoms with Crippen LogP contribution in [0.1, 0.15) is 69.8 Å². The van der Waals surface area contributed by atoms with E-state index in [4.69, 9.17) is 32.2 Å². The highest BCUT2D eigenvalue weighted by atomic mass is 35.5. The molecule has 2 amide bonds. The van der Waals surface area contributed by atoms with E-state index in [1.165, 1.54) is 25.7 Å². The predicted molar refractivity (Wildman–Crippen MR) is 200 cm³/mol. The summed E-state index contributed by atoms with van der Waals surface area (Å²) in [5.74, 6) is -0.383. The van der Waals surface area contributed by atoms with Gasteiger partial charge in [0, 0.05) is 19.5 Å². The average Bonchev–Trinajstić information content (AvgIpc) is 3.90. The van der Waals surface area contributed by atoms with Crippen molar-refractivity contribution < 1.29 is 38.5 Å². The molecule has 2 aromatic carbocycles. The molecule has 11 nitrogen and oxygen atoms in total. The lowest BCUT2D eigenvalue weighted by Gasteiger charge is -2.21. The molecule has 1 aliphatic heterocycles. The number of amides is 2. The van der Waals surface area contributed by atoms with E-state index in [1.54, 1.807) is 24.3 Å². The smallest absolute Gasteiger partial charge is 0.345 e. The van der Waals surface area contributed by atoms with Gasteiger partial charge in [-0.15, -0.1) is 6.42 Å². The Morgan fingerprint density at radius 1 is 1.10 bits per heavy atom. The van der Waals surface area contributed by atoms with Crippen molar-refractivity contribution in [3.05, 3.63) is 76.3 Å². The van der Waals surface area contributed by atoms with Crippen LogP contribution < -0.4 is 15.4 Å². The number of terminal acetylenes is 1. The Morgan fingerprint density at radius 2 is 1.79 bits per heavy atom. The summed E-state index contributed by atoms with van der Waals surface area (Å²) in [4.78, 5) is 52.6. The molecule has 2 aromatic rings. The molecule has 6 unspecified atom stereocenters. The molecule has 3 rings (SSSR count). The molecule has 6 atom stereocenters. The van der Waals surface area contributed by atoms with Gasteiger partial charge in [0.15, 0.2) is 6.10 Å². The Morgan fingerprint density at radius 3 is 2.40 bits per heavy atom. The van der Waals surface area contributed by atoms with Gasteiger partial charge in [0.1, 0.15) is 17.9 Å². The Kier molecular flexibility index (Phi) is 16.7. The second kappa shape index (κ2) is 20.6. The summed E-state index contributed by atoms with van der Waals surface area (Å²) in [5, 5.41) is 15.2. The number of esters is 1. The Bertz CT molecular complexity index is 1590. The first-order valence-electron chi connectivity index (χ1n) is 17.6. The standard InChI is InChI=1S/C40H52ClN3O8/c1-8-19-44(6)24-28-13-16-30(17-14-28)37-36(52-37)26(4)11-9-10-12-35(45)43-32(22-29-15-18-33(50-7)31(41)21-29)38(46)42-23-27(5)40(49)51-34(39(47)48)20-25(2)3/h1,10,12-18,21,25-27,32,34,36-37H,9,11,19-20,22-24H2,2-7H3,(H,42,46)(H,43,45)(H,47,48). The number of benzene rings is 2. The van der Waals surface area contributed by atoms with Crippen LogP contribution in [0.5, 0.6) is 5.75 Å². The molecule has 0 saturated carbocycles. The molecule has 12 heteroatoms. The molecule has 0 aromatic heterocycles. The van der Waals surface area contributed by atoms with Crippen molar-refractivity contribution in [2.24, 2.45) is 17.8 Å². The number of nitrogens with zero attached hydrogens (tertiary/aromatic N) is 1. The molecule has 1 aliphatic rings. The number of aliphatic carboxylic acids is 1. The van der Waals surface area contributed by atoms with E-state index in [2.05, 4.69) is 52.6 Å². The second-order valence-electron chi connectivity index (χ2n) is 13.9. The fraction of sp³-hybridized carbons (Fsp3) is 0.500. The third kappa shape index (κ3) is 13.6. The maximum Gasteiger partial charge on any atom is 0.345 e. The largest absolute Gasteiger partial charge is 0.495 e. The van der Waals surface area contributed by atoms with Crippen molar-refractivity contribution in [3.63, 3.8) is 0 Å². The number of carboxylic acid groups (broad SMARTS) is 1. The minimum absolute atomic E-state index is 0.00359. The van der Waals surface area contributed by atoms with E-state index in [1.807, 2.05) is 20.9 Å². The van der Waals surface area contributed by atoms with E-state index in [-0.39, 0.29) is 43.4 Å². The van der Waals surface area contributed by atoms with Crippen molar-refractivity contribution in [2.75, 3.05) is 27.2 Å². The van der Waals surface area contributed by atoms with Crippen LogP contribution in [-0.2, 0) is 41.6 Å². The fourth-order valence-electron chi connectivity index (χ4n) is 5.72. The van der Waals surface area contributed by atoms with Gasteiger partial charge >= 0.3 is 11.9 Å². The van der Waals surface area contributed by atoms with Gasteiger partial charge in [0.05, 0.1) is 30.7 Å². The normalized spacial score (nSPS) is 17.5. The number of rotatable bonds is 21. The van der Waals surface area contributed by atoms with Crippen LogP contribution in [0.15, 0.2) is 54.6 Å². The molecule has 52 heavy (non-hydrogen) atoms. The van der Waals surface area contributed by atoms with Crippen LogP contribution in [0.2, 0.25) is 5.02 Å². The van der Waals surface area contributed by atoms with E-state index in [0.717, 1.165) is 18.5 Å². The highest BCUT2D eigenvalue weighted by Gasteiger charge is 2.43. The zero-order valence-corrected chi connectivity index (χ0v) is 31.7. The summed E-state index contributed by atoms with van der Waals surface area (Å²) in [6, 6.07) is 12.5. The monoisotopic (exact) mass is 737 g/mol. The molecular formula is C40H52ClN3O8. The van der Waals surface area contributed by atoms with Crippen molar-refractivity contribution in [3.8, 4) is 18.1 Å². The van der Waals surface area contributed by atoms with Crippen molar-refractivity contribution in [2.45, 2.75) is 84.3 Å². The third-order valence-corrected chi connectivity index (χ3v) is 9.05. The number of nitrogens with one attached hydrogen (secondary N) is 2. The van der Waals surface area contributed by atoms with E-state index >= 15 is 0 Å². The van der Waals surface area contributed by atoms with Gasteiger partial charge in [-0.05, 0) is 73.0 Å². The van der Waals surface area contributed by atoms with Gasteiger partial charge in [0.25, 0.3) is 0 Å². The predicted octanol–water partition coefficient (Wildman–Crippen LogP) is 5.35. The number of hydrogen-bond acceptors (Lipinski definition) is 8. The SMILES string of the molecule is C#CCN(C)Cc1ccc(C2OC2C(C)CCC=CC(=O)NC(Cc2ccc(OC)c(Cl)c2)C(=O)NCC(C)C(=O)OC(CC(C)C)C(=O)O)cc1. The summed E-state index contributed by atoms with van der Waals surface area (Å²) in [6.07, 6.45) is 9.19. The lowest BCUT2D eigenvalue weighted by atomic mass is 9.96. The van der Waals surface area contributed by atoms with Crippen LogP contribution in [0, 0.1) is 30.1 Å². The Hall–Kier alpha value is -4.37. The molecule has 282 valence electrons. The van der Waals surface area contributed by atoms with Crippen molar-refractivity contribution in [1.29, 1.82) is 0 Å². The molecule has 1 fully saturated rings. The molecule has 3 N–H and O–H groups in total. The maximum absolute atomic E-state index is 13.4. The van der Waals surface area contributed by atoms with Gasteiger partial charge < -0.3 is 30.0 Å². The summed E-state index contributed by atoms with van der Waals surface area (Å²) in [7, 11) is 3.48. The topological polar surface area (TPSA) is 147 Å². The number of carbonyl (C=O) groups is 4. The number of carbonyl (C=O) groups excluding carboxylic acids is 3. The Labute approximate surface area is 312 Å². The minimum Gasteiger partial charge on any atom is -0.495 e. The Balaban J connectivity index is 1.54. The highest BCUT2D eigenvalue weighted by Crippen LogP contribution is 2.44. The summed E-state index contributed by atoms with van der Waals surface area (Å²) in [5.41, 5.74) is 3.00. The van der Waals surface area contributed by atoms with Gasteiger partial charge in [0.2, 0.25) is 11.8 Å². The summed E-state index contributed by atoms with van der Waals surface area (Å²) >= 11 is 6.31. The third-order valence-electron chi connectivity index (χ3n) is 8.76. The van der Waals surface area contributed by atoms with Crippen LogP contribution >= 0.6 is 11.6 Å². The summed E-state index contributed by atoms with van der Waals surface area (Å²) in [6.45, 7) is 8.58. The molecule has 0 spiro atoms. The zero-order chi connectivity index (χ0) is 38.4. The van der Waals surface area contributed by atoms with Crippen LogP contribution in [0.25, 0.3) is 0 Å². The number of epoxide rings is 1. The molecule has 1 heterocycles. The quantitative estimate of drug-likeness (QED) is 0.0668. The molecule has 0 radical (unpaired) electrons. The summed E-state index contributed by atoms with van der Waals surface area (Å²) < 4.78 is 16.4. The van der Waals surface area contributed by atoms with Crippen LogP contribution in [0.3, 0.4) is 0 Å². The second-order valence-corrected chi connectivity index (χ2v) is 14.3. The number of hydrogen-bond donors (Lipinski definition) is 3. The lowest BCUT2D eigenvalue weighted by Crippen LogP contribution is -2.49. The lowest BCUT2D eigenvalue weighted by molar-refractivity contribution is -0.167. The molecule has 1 saturated heterocycles. The molecular weight excluding hydrogens is 686 g/mol. The van der Waals surface area contributed by atoms with E-state index in [9.17, 15) is 24.3 Å². The average molecular weight is 738 g/mol. The highest BCUT2D eigenvalue weighted by molar-refractivity contribution is 6.32. The van der Waals surface area contributed by atoms with Gasteiger partial charge in [-0.2, -0.15) is 0 Å². The zero-order valence-electron chi connectivity index (χ0n) is 30.9. The number of ether oxygens (including phenoxy) is 3. The van der Waals surface area contributed by atoms with Crippen molar-refractivity contribution in [1.82, 2.24) is 15.5 Å². The van der Waals surface area contributed by atoms with E-state index in [0.29, 0.717) is 29.3 Å². The number of allylic oxidation sites excluding steroid dienone is 1. The van der Waals surface area contributed by atoms with E-state index < -0.39 is 41.8 Å². The fourth-order valence-corrected chi connectivity index (χ4v) is 6.00. The first-order chi connectivity index (χ1) is 24.7.